The van der Waals surface area contributed by atoms with Crippen molar-refractivity contribution in [3.8, 4) is 32.3 Å². The fourth-order valence-corrected chi connectivity index (χ4v) is 10.7. The summed E-state index contributed by atoms with van der Waals surface area (Å²) in [5.41, 5.74) is 4.24. The molecule has 19 heteroatoms. The Morgan fingerprint density at radius 1 is 0.710 bits per heavy atom. The smallest absolute Gasteiger partial charge is 0.407 e. The lowest BCUT2D eigenvalue weighted by Gasteiger charge is -2.29. The first kappa shape index (κ1) is 48.9. The summed E-state index contributed by atoms with van der Waals surface area (Å²) in [6, 6.07) is 10.6. The van der Waals surface area contributed by atoms with Crippen LogP contribution in [0.1, 0.15) is 102 Å². The van der Waals surface area contributed by atoms with Gasteiger partial charge in [-0.15, -0.1) is 11.3 Å². The maximum atomic E-state index is 15.6. The van der Waals surface area contributed by atoms with Crippen molar-refractivity contribution < 1.29 is 37.4 Å². The third kappa shape index (κ3) is 10.7. The number of H-pyrrole nitrogens is 2. The summed E-state index contributed by atoms with van der Waals surface area (Å²) < 4.78 is 40.9. The van der Waals surface area contributed by atoms with Crippen LogP contribution in [0.25, 0.3) is 32.3 Å². The molecule has 3 aliphatic rings. The number of aromatic amines is 2. The first-order valence-corrected chi connectivity index (χ1v) is 24.7. The second-order valence-electron chi connectivity index (χ2n) is 18.7. The molecule has 69 heavy (non-hydrogen) atoms. The monoisotopic (exact) mass is 968 g/mol. The van der Waals surface area contributed by atoms with Gasteiger partial charge in [0.2, 0.25) is 11.8 Å². The van der Waals surface area contributed by atoms with Gasteiger partial charge >= 0.3 is 12.2 Å². The number of anilines is 2. The summed E-state index contributed by atoms with van der Waals surface area (Å²) in [6.45, 7) is 10.0. The summed E-state index contributed by atoms with van der Waals surface area (Å²) in [4.78, 5) is 75.7. The van der Waals surface area contributed by atoms with Gasteiger partial charge in [0, 0.05) is 61.2 Å². The highest BCUT2D eigenvalue weighted by Gasteiger charge is 2.39. The molecule has 0 saturated carbocycles. The second-order valence-corrected chi connectivity index (χ2v) is 19.7. The van der Waals surface area contributed by atoms with E-state index in [1.165, 1.54) is 26.4 Å². The standard InChI is InChI=1S/C50H62F2N10O6S/c1-28(2)42(58-49(65)67-5)47(63)61-20-10-12-38(61)45-54-26-36(56-45)30-14-15-33(31(22-30)25-53-32-23-34(51)44(35(52)24-32)60-18-8-7-9-19-60)40-16-17-41(69-40)37-27-55-46(57-37)39-13-11-21-62(39)48(64)43(29(3)4)59-50(66)68-6/h14-17,22-24,26-29,38-39,42-43,53H,7-13,18-21,25H2,1-6H3,(H,54,56)(H,55,57)(H,58,65)(H,59,66)/t38-,39-,42-,43-/m0/s1. The van der Waals surface area contributed by atoms with E-state index in [1.807, 2.05) is 70.4 Å². The van der Waals surface area contributed by atoms with Gasteiger partial charge in [-0.25, -0.2) is 28.3 Å². The number of likely N-dealkylation sites (tertiary alicyclic amines) is 2. The van der Waals surface area contributed by atoms with E-state index < -0.39 is 35.9 Å². The van der Waals surface area contributed by atoms with Gasteiger partial charge in [-0.1, -0.05) is 39.8 Å². The largest absolute Gasteiger partial charge is 0.453 e. The summed E-state index contributed by atoms with van der Waals surface area (Å²) in [6.07, 6.45) is 8.14. The molecule has 0 spiro atoms. The molecule has 5 N–H and O–H groups in total. The number of halogens is 2. The van der Waals surface area contributed by atoms with E-state index in [0.717, 1.165) is 65.0 Å². The van der Waals surface area contributed by atoms with Crippen LogP contribution in [0.3, 0.4) is 0 Å². The summed E-state index contributed by atoms with van der Waals surface area (Å²) in [5, 5.41) is 8.69. The van der Waals surface area contributed by atoms with E-state index in [4.69, 9.17) is 19.4 Å². The van der Waals surface area contributed by atoms with E-state index >= 15 is 8.78 Å². The molecule has 2 aromatic carbocycles. The molecule has 0 aliphatic carbocycles. The van der Waals surface area contributed by atoms with Crippen molar-refractivity contribution in [1.29, 1.82) is 0 Å². The molecule has 8 rings (SSSR count). The lowest BCUT2D eigenvalue weighted by molar-refractivity contribution is -0.136. The highest BCUT2D eigenvalue weighted by Crippen LogP contribution is 2.40. The molecule has 6 heterocycles. The zero-order chi connectivity index (χ0) is 48.9. The minimum absolute atomic E-state index is 0.00876. The number of hydrogen-bond acceptors (Lipinski definition) is 11. The van der Waals surface area contributed by atoms with Crippen molar-refractivity contribution in [2.24, 2.45) is 11.8 Å². The van der Waals surface area contributed by atoms with Crippen molar-refractivity contribution in [3.63, 3.8) is 0 Å². The van der Waals surface area contributed by atoms with Crippen molar-refractivity contribution in [2.75, 3.05) is 50.6 Å². The Kier molecular flexibility index (Phi) is 15.2. The molecule has 0 bridgehead atoms. The lowest BCUT2D eigenvalue weighted by atomic mass is 10.0. The molecular formula is C50H62F2N10O6S. The fourth-order valence-electron chi connectivity index (χ4n) is 9.72. The van der Waals surface area contributed by atoms with E-state index in [9.17, 15) is 19.2 Å². The number of hydrogen-bond donors (Lipinski definition) is 5. The van der Waals surface area contributed by atoms with Crippen LogP contribution in [0.4, 0.5) is 29.7 Å². The van der Waals surface area contributed by atoms with Crippen LogP contribution in [-0.4, -0.2) is 106 Å². The number of rotatable bonds is 15. The number of nitrogens with zero attached hydrogens (tertiary/aromatic N) is 5. The van der Waals surface area contributed by atoms with Crippen LogP contribution in [0, 0.1) is 23.5 Å². The maximum absolute atomic E-state index is 15.6. The third-order valence-corrected chi connectivity index (χ3v) is 14.5. The molecule has 5 aromatic rings. The van der Waals surface area contributed by atoms with Gasteiger partial charge in [0.05, 0.1) is 42.6 Å². The topological polar surface area (TPSA) is 190 Å². The highest BCUT2D eigenvalue weighted by molar-refractivity contribution is 7.18. The van der Waals surface area contributed by atoms with E-state index in [1.54, 1.807) is 26.0 Å². The van der Waals surface area contributed by atoms with Crippen LogP contribution in [0.2, 0.25) is 0 Å². The molecule has 368 valence electrons. The zero-order valence-electron chi connectivity index (χ0n) is 40.0. The quantitative estimate of drug-likeness (QED) is 0.0677. The van der Waals surface area contributed by atoms with Gasteiger partial charge in [-0.2, -0.15) is 0 Å². The van der Waals surface area contributed by atoms with Crippen molar-refractivity contribution >= 4 is 46.7 Å². The van der Waals surface area contributed by atoms with Crippen molar-refractivity contribution in [2.45, 2.75) is 103 Å². The molecule has 4 amide bonds. The molecular weight excluding hydrogens is 907 g/mol. The van der Waals surface area contributed by atoms with Gasteiger partial charge in [0.15, 0.2) is 11.6 Å². The third-order valence-electron chi connectivity index (χ3n) is 13.4. The average molecular weight is 969 g/mol. The Hall–Kier alpha value is -6.50. The number of imidazole rings is 2. The van der Waals surface area contributed by atoms with Crippen molar-refractivity contribution in [1.82, 2.24) is 40.4 Å². The van der Waals surface area contributed by atoms with Gasteiger partial charge in [0.25, 0.3) is 0 Å². The molecule has 16 nitrogen and oxygen atoms in total. The number of thiophene rings is 1. The minimum atomic E-state index is -0.764. The second kappa shape index (κ2) is 21.4. The SMILES string of the molecule is COC(=O)N[C@H](C(=O)N1CCC[C@H]1c1nc(-c2ccc(-c3ccc(-c4c[nH]c([C@@H]5CCCN5C(=O)[C@@H](NC(=O)OC)C(C)C)n4)s3)c(CNc3cc(F)c(N4CCCCC4)c(F)c3)c2)c[nH]1)C(C)C. The number of carbonyl (C=O) groups excluding carboxylic acids is 4. The predicted molar refractivity (Wildman–Crippen MR) is 260 cm³/mol. The van der Waals surface area contributed by atoms with Gasteiger partial charge in [-0.05, 0) is 98.2 Å². The van der Waals surface area contributed by atoms with E-state index in [-0.39, 0.29) is 48.0 Å². The summed E-state index contributed by atoms with van der Waals surface area (Å²) in [7, 11) is 2.54. The van der Waals surface area contributed by atoms with Crippen LogP contribution >= 0.6 is 11.3 Å². The number of aromatic nitrogens is 4. The molecule has 3 aliphatic heterocycles. The molecule has 3 saturated heterocycles. The highest BCUT2D eigenvalue weighted by atomic mass is 32.1. The number of ether oxygens (including phenoxy) is 2. The Morgan fingerprint density at radius 2 is 1.25 bits per heavy atom. The molecule has 3 aromatic heterocycles. The molecule has 0 radical (unpaired) electrons. The zero-order valence-corrected chi connectivity index (χ0v) is 40.8. The van der Waals surface area contributed by atoms with Gasteiger partial charge < -0.3 is 50.1 Å². The first-order valence-electron chi connectivity index (χ1n) is 23.9. The van der Waals surface area contributed by atoms with E-state index in [2.05, 4.69) is 25.9 Å². The van der Waals surface area contributed by atoms with Crippen LogP contribution in [-0.2, 0) is 25.6 Å². The Labute approximate surface area is 404 Å². The normalized spacial score (nSPS) is 18.1. The fraction of sp³-hybridized carbons (Fsp3) is 0.480. The molecule has 4 atom stereocenters. The number of piperidine rings is 1. The summed E-state index contributed by atoms with van der Waals surface area (Å²) >= 11 is 1.54. The van der Waals surface area contributed by atoms with Crippen LogP contribution < -0.4 is 20.9 Å². The van der Waals surface area contributed by atoms with Crippen LogP contribution in [0.15, 0.2) is 54.9 Å². The van der Waals surface area contributed by atoms with Gasteiger partial charge in [-0.3, -0.25) is 9.59 Å². The number of nitrogens with one attached hydrogen (secondary N) is 5. The Morgan fingerprint density at radius 3 is 1.80 bits per heavy atom. The van der Waals surface area contributed by atoms with Crippen molar-refractivity contribution in [3.05, 3.63) is 83.7 Å². The Balaban J connectivity index is 1.06. The minimum Gasteiger partial charge on any atom is -0.453 e. The first-order chi connectivity index (χ1) is 33.2. The number of alkyl carbamates (subject to hydrolysis) is 2. The lowest BCUT2D eigenvalue weighted by Crippen LogP contribution is -2.51. The maximum Gasteiger partial charge on any atom is 0.407 e. The number of benzene rings is 2. The average Bonchev–Trinajstić information content (AvgIpc) is 4.21. The molecule has 3 fully saturated rings. The number of carbonyl (C=O) groups is 4. The summed E-state index contributed by atoms with van der Waals surface area (Å²) in [5.74, 6) is -0.649. The number of amides is 4. The van der Waals surface area contributed by atoms with E-state index in [0.29, 0.717) is 61.3 Å². The Bertz CT molecular complexity index is 2620. The van der Waals surface area contributed by atoms with Crippen LogP contribution in [0.5, 0.6) is 0 Å². The van der Waals surface area contributed by atoms with Gasteiger partial charge in [0.1, 0.15) is 29.4 Å². The predicted octanol–water partition coefficient (Wildman–Crippen LogP) is 9.16. The molecule has 0 unspecified atom stereocenters. The number of methoxy groups -OCH3 is 2.